The highest BCUT2D eigenvalue weighted by atomic mass is 32.2. The van der Waals surface area contributed by atoms with Crippen LogP contribution in [-0.2, 0) is 18.4 Å². The van der Waals surface area contributed by atoms with Crippen molar-refractivity contribution in [2.45, 2.75) is 11.7 Å². The highest BCUT2D eigenvalue weighted by molar-refractivity contribution is 7.99. The Hall–Kier alpha value is -1.82. The van der Waals surface area contributed by atoms with Gasteiger partial charge in [0.05, 0.1) is 5.75 Å². The molecule has 1 amide bonds. The number of aromatic nitrogens is 2. The second-order valence-electron chi connectivity index (χ2n) is 4.49. The van der Waals surface area contributed by atoms with Gasteiger partial charge in [0.15, 0.2) is 5.16 Å². The first-order valence-corrected chi connectivity index (χ1v) is 7.13. The van der Waals surface area contributed by atoms with Gasteiger partial charge in [0.2, 0.25) is 5.91 Å². The lowest BCUT2D eigenvalue weighted by Crippen LogP contribution is -2.27. The van der Waals surface area contributed by atoms with Gasteiger partial charge in [-0.2, -0.15) is 0 Å². The maximum absolute atomic E-state index is 12.8. The van der Waals surface area contributed by atoms with Crippen LogP contribution in [0, 0.1) is 5.82 Å². The standard InChI is InChI=1S/C14H16FN3OS/c1-17-8-7-16-14(17)20-10-13(19)18(2)9-11-3-5-12(15)6-4-11/h3-8H,9-10H2,1-2H3. The number of hydrogen-bond donors (Lipinski definition) is 0. The summed E-state index contributed by atoms with van der Waals surface area (Å²) in [7, 11) is 3.63. The molecule has 20 heavy (non-hydrogen) atoms. The summed E-state index contributed by atoms with van der Waals surface area (Å²) in [6.45, 7) is 0.472. The lowest BCUT2D eigenvalue weighted by molar-refractivity contribution is -0.127. The molecule has 6 heteroatoms. The Morgan fingerprint density at radius 3 is 2.70 bits per heavy atom. The molecule has 4 nitrogen and oxygen atoms in total. The lowest BCUT2D eigenvalue weighted by Gasteiger charge is -2.17. The van der Waals surface area contributed by atoms with Crippen LogP contribution in [0.3, 0.4) is 0 Å². The minimum absolute atomic E-state index is 0.0160. The zero-order chi connectivity index (χ0) is 14.5. The topological polar surface area (TPSA) is 38.1 Å². The largest absolute Gasteiger partial charge is 0.341 e. The molecule has 0 radical (unpaired) electrons. The Bertz CT molecular complexity index is 582. The molecule has 0 unspecified atom stereocenters. The fourth-order valence-corrected chi connectivity index (χ4v) is 2.55. The first-order chi connectivity index (χ1) is 9.56. The first kappa shape index (κ1) is 14.6. The minimum atomic E-state index is -0.270. The molecule has 0 N–H and O–H groups in total. The van der Waals surface area contributed by atoms with Crippen molar-refractivity contribution >= 4 is 17.7 Å². The normalized spacial score (nSPS) is 10.6. The van der Waals surface area contributed by atoms with Crippen LogP contribution in [0.2, 0.25) is 0 Å². The summed E-state index contributed by atoms with van der Waals surface area (Å²) in [6.07, 6.45) is 3.55. The highest BCUT2D eigenvalue weighted by Crippen LogP contribution is 2.15. The van der Waals surface area contributed by atoms with Crippen molar-refractivity contribution < 1.29 is 9.18 Å². The molecule has 2 rings (SSSR count). The van der Waals surface area contributed by atoms with Crippen molar-refractivity contribution in [3.05, 3.63) is 48.0 Å². The van der Waals surface area contributed by atoms with Crippen LogP contribution >= 0.6 is 11.8 Å². The lowest BCUT2D eigenvalue weighted by atomic mass is 10.2. The van der Waals surface area contributed by atoms with E-state index in [1.165, 1.54) is 23.9 Å². The average molecular weight is 293 g/mol. The number of rotatable bonds is 5. The number of carbonyl (C=O) groups excluding carboxylic acids is 1. The van der Waals surface area contributed by atoms with E-state index in [2.05, 4.69) is 4.98 Å². The van der Waals surface area contributed by atoms with Gasteiger partial charge in [0.25, 0.3) is 0 Å². The van der Waals surface area contributed by atoms with E-state index in [0.29, 0.717) is 12.3 Å². The molecule has 106 valence electrons. The average Bonchev–Trinajstić information content (AvgIpc) is 2.84. The van der Waals surface area contributed by atoms with Gasteiger partial charge >= 0.3 is 0 Å². The second kappa shape index (κ2) is 6.56. The zero-order valence-corrected chi connectivity index (χ0v) is 12.2. The summed E-state index contributed by atoms with van der Waals surface area (Å²) in [5.41, 5.74) is 0.907. The molecule has 1 aromatic carbocycles. The summed E-state index contributed by atoms with van der Waals surface area (Å²) in [6, 6.07) is 6.17. The maximum atomic E-state index is 12.8. The molecular weight excluding hydrogens is 277 g/mol. The molecule has 1 aromatic heterocycles. The van der Waals surface area contributed by atoms with Crippen LogP contribution in [0.5, 0.6) is 0 Å². The number of benzene rings is 1. The van der Waals surface area contributed by atoms with E-state index in [1.807, 2.05) is 17.8 Å². The van der Waals surface area contributed by atoms with Crippen molar-refractivity contribution in [1.29, 1.82) is 0 Å². The molecule has 1 heterocycles. The summed E-state index contributed by atoms with van der Waals surface area (Å²) in [4.78, 5) is 17.8. The summed E-state index contributed by atoms with van der Waals surface area (Å²) in [5, 5.41) is 0.813. The van der Waals surface area contributed by atoms with Gasteiger partial charge in [-0.1, -0.05) is 23.9 Å². The van der Waals surface area contributed by atoms with Crippen LogP contribution in [-0.4, -0.2) is 33.2 Å². The SMILES string of the molecule is CN(Cc1ccc(F)cc1)C(=O)CSc1nccn1C. The van der Waals surface area contributed by atoms with Crippen LogP contribution in [0.15, 0.2) is 41.8 Å². The molecule has 0 atom stereocenters. The van der Waals surface area contributed by atoms with Crippen molar-refractivity contribution in [3.8, 4) is 0 Å². The van der Waals surface area contributed by atoms with Crippen molar-refractivity contribution in [1.82, 2.24) is 14.5 Å². The Balaban J connectivity index is 1.86. The molecule has 0 saturated carbocycles. The molecule has 2 aromatic rings. The summed E-state index contributed by atoms with van der Waals surface area (Å²) < 4.78 is 14.7. The Morgan fingerprint density at radius 1 is 1.40 bits per heavy atom. The van der Waals surface area contributed by atoms with E-state index in [4.69, 9.17) is 0 Å². The van der Waals surface area contributed by atoms with Gasteiger partial charge in [-0.25, -0.2) is 9.37 Å². The smallest absolute Gasteiger partial charge is 0.233 e. The Kier molecular flexibility index (Phi) is 4.79. The van der Waals surface area contributed by atoms with E-state index >= 15 is 0 Å². The quantitative estimate of drug-likeness (QED) is 0.794. The van der Waals surface area contributed by atoms with E-state index in [9.17, 15) is 9.18 Å². The number of thioether (sulfide) groups is 1. The monoisotopic (exact) mass is 293 g/mol. The number of imidazole rings is 1. The number of amides is 1. The fraction of sp³-hybridized carbons (Fsp3) is 0.286. The van der Waals surface area contributed by atoms with Gasteiger partial charge in [-0.3, -0.25) is 4.79 Å². The van der Waals surface area contributed by atoms with E-state index in [1.54, 1.807) is 30.3 Å². The molecule has 0 bridgehead atoms. The number of nitrogens with zero attached hydrogens (tertiary/aromatic N) is 3. The Morgan fingerprint density at radius 2 is 2.10 bits per heavy atom. The number of aryl methyl sites for hydroxylation is 1. The maximum Gasteiger partial charge on any atom is 0.233 e. The zero-order valence-electron chi connectivity index (χ0n) is 11.4. The molecule has 0 saturated heterocycles. The molecule has 0 spiro atoms. The van der Waals surface area contributed by atoms with Crippen molar-refractivity contribution in [2.24, 2.45) is 7.05 Å². The highest BCUT2D eigenvalue weighted by Gasteiger charge is 2.11. The Labute approximate surface area is 121 Å². The first-order valence-electron chi connectivity index (χ1n) is 6.15. The van der Waals surface area contributed by atoms with Gasteiger partial charge in [0, 0.05) is 33.0 Å². The van der Waals surface area contributed by atoms with Crippen LogP contribution in [0.1, 0.15) is 5.56 Å². The number of carbonyl (C=O) groups is 1. The van der Waals surface area contributed by atoms with Crippen molar-refractivity contribution in [2.75, 3.05) is 12.8 Å². The summed E-state index contributed by atoms with van der Waals surface area (Å²) in [5.74, 6) is 0.0816. The third kappa shape index (κ3) is 3.84. The van der Waals surface area contributed by atoms with Gasteiger partial charge in [-0.15, -0.1) is 0 Å². The number of halogens is 1. The van der Waals surface area contributed by atoms with Crippen LogP contribution < -0.4 is 0 Å². The van der Waals surface area contributed by atoms with E-state index in [-0.39, 0.29) is 11.7 Å². The van der Waals surface area contributed by atoms with Crippen LogP contribution in [0.4, 0.5) is 4.39 Å². The molecule has 0 fully saturated rings. The fourth-order valence-electron chi connectivity index (χ4n) is 1.68. The predicted molar refractivity (Wildman–Crippen MR) is 76.8 cm³/mol. The summed E-state index contributed by atoms with van der Waals surface area (Å²) >= 11 is 1.40. The molecule has 0 aliphatic carbocycles. The van der Waals surface area contributed by atoms with Gasteiger partial charge < -0.3 is 9.47 Å². The third-order valence-electron chi connectivity index (χ3n) is 2.86. The predicted octanol–water partition coefficient (Wildman–Crippen LogP) is 2.31. The van der Waals surface area contributed by atoms with E-state index < -0.39 is 0 Å². The van der Waals surface area contributed by atoms with Gasteiger partial charge in [0.1, 0.15) is 5.82 Å². The third-order valence-corrected chi connectivity index (χ3v) is 3.90. The second-order valence-corrected chi connectivity index (χ2v) is 5.43. The van der Waals surface area contributed by atoms with Gasteiger partial charge in [-0.05, 0) is 17.7 Å². The van der Waals surface area contributed by atoms with E-state index in [0.717, 1.165) is 10.7 Å². The van der Waals surface area contributed by atoms with Crippen molar-refractivity contribution in [3.63, 3.8) is 0 Å². The number of hydrogen-bond acceptors (Lipinski definition) is 3. The molecule has 0 aliphatic heterocycles. The molecule has 0 aliphatic rings. The minimum Gasteiger partial charge on any atom is -0.341 e. The van der Waals surface area contributed by atoms with Crippen LogP contribution in [0.25, 0.3) is 0 Å². The molecular formula is C14H16FN3OS.